The van der Waals surface area contributed by atoms with Crippen molar-refractivity contribution in [1.82, 2.24) is 9.55 Å². The van der Waals surface area contributed by atoms with Gasteiger partial charge in [0, 0.05) is 16.5 Å². The lowest BCUT2D eigenvalue weighted by molar-refractivity contribution is 0.102. The van der Waals surface area contributed by atoms with Gasteiger partial charge in [0.05, 0.1) is 6.54 Å². The summed E-state index contributed by atoms with van der Waals surface area (Å²) in [5.41, 5.74) is -0.472. The number of aromatic nitrogens is 2. The number of rotatable bonds is 2. The summed E-state index contributed by atoms with van der Waals surface area (Å²) in [6, 6.07) is 19.3. The Balaban J connectivity index is 1.82. The van der Waals surface area contributed by atoms with Gasteiger partial charge in [0.25, 0.3) is 11.5 Å². The molecule has 4 aromatic rings. The fourth-order valence-corrected chi connectivity index (χ4v) is 3.86. The first kappa shape index (κ1) is 17.8. The minimum atomic E-state index is -0.832. The number of hydrogen-bond acceptors (Lipinski definition) is 4. The number of anilines is 1. The number of aromatic amines is 1. The Kier molecular flexibility index (Phi) is 3.96. The van der Waals surface area contributed by atoms with E-state index in [2.05, 4.69) is 10.3 Å². The Labute approximate surface area is 169 Å². The fraction of sp³-hybridized carbons (Fsp3) is 0.0435. The summed E-state index contributed by atoms with van der Waals surface area (Å²) in [7, 11) is 0. The van der Waals surface area contributed by atoms with Gasteiger partial charge >= 0.3 is 5.69 Å². The van der Waals surface area contributed by atoms with Gasteiger partial charge in [0.1, 0.15) is 11.4 Å². The first-order valence-electron chi connectivity index (χ1n) is 9.33. The number of H-pyrrole nitrogens is 1. The molecule has 1 aliphatic heterocycles. The molecule has 1 aromatic heterocycles. The van der Waals surface area contributed by atoms with Crippen LogP contribution in [0.3, 0.4) is 0 Å². The van der Waals surface area contributed by atoms with Crippen molar-refractivity contribution in [2.75, 3.05) is 5.32 Å². The zero-order valence-corrected chi connectivity index (χ0v) is 15.6. The van der Waals surface area contributed by atoms with Crippen LogP contribution >= 0.6 is 0 Å². The highest BCUT2D eigenvalue weighted by Gasteiger charge is 2.29. The largest absolute Gasteiger partial charge is 0.330 e. The molecule has 0 unspecified atom stereocenters. The Bertz CT molecular complexity index is 1460. The van der Waals surface area contributed by atoms with Crippen molar-refractivity contribution < 1.29 is 9.59 Å². The Morgan fingerprint density at radius 3 is 2.20 bits per heavy atom. The number of hydrogen-bond donors (Lipinski definition) is 2. The standard InChI is InChI=1S/C23H15N3O4/c27-19-15-10-4-8-14-9-5-11-16(17(14)15)21(28)24-20-18(19)22(29)25-23(30)26(20)12-13-6-2-1-3-7-13/h1-11H,12H2,(H,24,28)(H,25,29,30). The van der Waals surface area contributed by atoms with Gasteiger partial charge in [-0.3, -0.25) is 23.9 Å². The second-order valence-corrected chi connectivity index (χ2v) is 7.05. The molecule has 0 aliphatic carbocycles. The summed E-state index contributed by atoms with van der Waals surface area (Å²) >= 11 is 0. The van der Waals surface area contributed by atoms with Crippen LogP contribution in [0.4, 0.5) is 5.82 Å². The van der Waals surface area contributed by atoms with E-state index >= 15 is 0 Å². The van der Waals surface area contributed by atoms with E-state index in [4.69, 9.17) is 0 Å². The Hall–Kier alpha value is -4.26. The zero-order chi connectivity index (χ0) is 20.8. The predicted molar refractivity (Wildman–Crippen MR) is 112 cm³/mol. The van der Waals surface area contributed by atoms with Gasteiger partial charge in [-0.05, 0) is 17.0 Å². The summed E-state index contributed by atoms with van der Waals surface area (Å²) in [6.07, 6.45) is 0. The molecule has 7 nitrogen and oxygen atoms in total. The van der Waals surface area contributed by atoms with Gasteiger partial charge in [-0.15, -0.1) is 0 Å². The number of fused-ring (bicyclic) bond motifs is 1. The normalized spacial score (nSPS) is 12.8. The maximum atomic E-state index is 13.4. The molecular formula is C23H15N3O4. The van der Waals surface area contributed by atoms with Gasteiger partial charge in [-0.2, -0.15) is 0 Å². The lowest BCUT2D eigenvalue weighted by atomic mass is 9.92. The summed E-state index contributed by atoms with van der Waals surface area (Å²) in [5, 5.41) is 3.84. The number of ketones is 1. The Morgan fingerprint density at radius 2 is 1.47 bits per heavy atom. The first-order valence-corrected chi connectivity index (χ1v) is 9.33. The van der Waals surface area contributed by atoms with Crippen molar-refractivity contribution in [2.45, 2.75) is 6.54 Å². The lowest BCUT2D eigenvalue weighted by Gasteiger charge is -2.20. The van der Waals surface area contributed by atoms with Gasteiger partial charge in [-0.1, -0.05) is 60.7 Å². The molecule has 0 atom stereocenters. The molecule has 2 N–H and O–H groups in total. The number of nitrogens with one attached hydrogen (secondary N) is 2. The van der Waals surface area contributed by atoms with Crippen molar-refractivity contribution in [3.63, 3.8) is 0 Å². The van der Waals surface area contributed by atoms with E-state index in [1.54, 1.807) is 36.4 Å². The third-order valence-corrected chi connectivity index (χ3v) is 5.24. The summed E-state index contributed by atoms with van der Waals surface area (Å²) in [5.74, 6) is -1.14. The molecule has 0 radical (unpaired) electrons. The minimum absolute atomic E-state index is 0.0815. The SMILES string of the molecule is O=C1Nc2c(c(=O)[nH]c(=O)n2Cc2ccccc2)C(=O)c2cccc3cccc1c23. The maximum Gasteiger partial charge on any atom is 0.330 e. The topological polar surface area (TPSA) is 101 Å². The average molecular weight is 397 g/mol. The summed E-state index contributed by atoms with van der Waals surface area (Å²) in [6.45, 7) is 0.0815. The van der Waals surface area contributed by atoms with Crippen LogP contribution in [0.1, 0.15) is 31.8 Å². The minimum Gasteiger partial charge on any atom is -0.307 e. The third-order valence-electron chi connectivity index (χ3n) is 5.24. The van der Waals surface area contributed by atoms with Gasteiger partial charge in [-0.25, -0.2) is 4.79 Å². The molecule has 30 heavy (non-hydrogen) atoms. The molecule has 0 bridgehead atoms. The first-order chi connectivity index (χ1) is 14.5. The van der Waals surface area contributed by atoms with Crippen molar-refractivity contribution in [3.05, 3.63) is 110 Å². The number of amides is 1. The van der Waals surface area contributed by atoms with Crippen LogP contribution < -0.4 is 16.6 Å². The van der Waals surface area contributed by atoms with Crippen LogP contribution in [0.15, 0.2) is 76.3 Å². The van der Waals surface area contributed by atoms with Crippen LogP contribution in [0.25, 0.3) is 10.8 Å². The maximum absolute atomic E-state index is 13.4. The van der Waals surface area contributed by atoms with Gasteiger partial charge in [0.2, 0.25) is 5.78 Å². The second kappa shape index (κ2) is 6.66. The van der Waals surface area contributed by atoms with E-state index in [0.717, 1.165) is 5.56 Å². The number of nitrogens with zero attached hydrogens (tertiary/aromatic N) is 1. The van der Waals surface area contributed by atoms with Gasteiger partial charge in [0.15, 0.2) is 0 Å². The summed E-state index contributed by atoms with van der Waals surface area (Å²) in [4.78, 5) is 54.0. The second-order valence-electron chi connectivity index (χ2n) is 7.05. The lowest BCUT2D eigenvalue weighted by Crippen LogP contribution is -2.38. The molecule has 0 saturated heterocycles. The van der Waals surface area contributed by atoms with Gasteiger partial charge < -0.3 is 5.32 Å². The molecule has 5 rings (SSSR count). The molecule has 1 aliphatic rings. The highest BCUT2D eigenvalue weighted by atomic mass is 16.2. The van der Waals surface area contributed by atoms with E-state index in [1.165, 1.54) is 4.57 Å². The number of carbonyl (C=O) groups excluding carboxylic acids is 2. The fourth-order valence-electron chi connectivity index (χ4n) is 3.86. The molecule has 2 heterocycles. The average Bonchev–Trinajstić information content (AvgIpc) is 2.75. The number of benzene rings is 3. The highest BCUT2D eigenvalue weighted by molar-refractivity contribution is 6.26. The van der Waals surface area contributed by atoms with Crippen molar-refractivity contribution in [3.8, 4) is 0 Å². The quantitative estimate of drug-likeness (QED) is 0.543. The van der Waals surface area contributed by atoms with E-state index in [-0.39, 0.29) is 23.5 Å². The number of carbonyl (C=O) groups is 2. The Morgan fingerprint density at radius 1 is 0.767 bits per heavy atom. The monoisotopic (exact) mass is 397 g/mol. The molecule has 0 spiro atoms. The summed E-state index contributed by atoms with van der Waals surface area (Å²) < 4.78 is 1.20. The molecule has 1 amide bonds. The van der Waals surface area contributed by atoms with Crippen LogP contribution in [-0.4, -0.2) is 21.2 Å². The molecular weight excluding hydrogens is 382 g/mol. The van der Waals surface area contributed by atoms with E-state index in [0.29, 0.717) is 16.3 Å². The molecule has 3 aromatic carbocycles. The predicted octanol–water partition coefficient (Wildman–Crippen LogP) is 2.53. The highest BCUT2D eigenvalue weighted by Crippen LogP contribution is 2.29. The third kappa shape index (κ3) is 2.68. The van der Waals surface area contributed by atoms with Crippen molar-refractivity contribution in [1.29, 1.82) is 0 Å². The van der Waals surface area contributed by atoms with Crippen LogP contribution in [0.2, 0.25) is 0 Å². The van der Waals surface area contributed by atoms with E-state index in [1.807, 2.05) is 30.3 Å². The smallest absolute Gasteiger partial charge is 0.307 e. The van der Waals surface area contributed by atoms with Crippen LogP contribution in [0, 0.1) is 0 Å². The molecule has 146 valence electrons. The van der Waals surface area contributed by atoms with Crippen LogP contribution in [-0.2, 0) is 6.54 Å². The zero-order valence-electron chi connectivity index (χ0n) is 15.6. The molecule has 0 saturated carbocycles. The van der Waals surface area contributed by atoms with E-state index in [9.17, 15) is 19.2 Å². The van der Waals surface area contributed by atoms with Crippen molar-refractivity contribution >= 4 is 28.3 Å². The molecule has 7 heteroatoms. The van der Waals surface area contributed by atoms with Crippen molar-refractivity contribution in [2.24, 2.45) is 0 Å². The van der Waals surface area contributed by atoms with E-state index < -0.39 is 22.9 Å². The van der Waals surface area contributed by atoms with Crippen LogP contribution in [0.5, 0.6) is 0 Å². The molecule has 0 fully saturated rings.